The summed E-state index contributed by atoms with van der Waals surface area (Å²) in [6.07, 6.45) is -6.37. The number of benzene rings is 3. The molecule has 2 N–H and O–H groups in total. The molecule has 5 nitrogen and oxygen atoms in total. The van der Waals surface area contributed by atoms with Crippen LogP contribution in [0.5, 0.6) is 5.75 Å². The lowest BCUT2D eigenvalue weighted by molar-refractivity contribution is -0.138. The Labute approximate surface area is 219 Å². The SMILES string of the molecule is O=C(Nc1c[nH]c2ccc(OCCc3ccc(C(F)(F)F)cc3)cc12)N1CCc2ccc(C(F)(F)F)cc2C1. The number of halogens is 6. The predicted octanol–water partition coefficient (Wildman–Crippen LogP) is 7.42. The molecule has 0 aliphatic carbocycles. The number of carbonyl (C=O) groups is 1. The average molecular weight is 547 g/mol. The zero-order chi connectivity index (χ0) is 27.8. The van der Waals surface area contributed by atoms with Crippen LogP contribution in [-0.2, 0) is 31.7 Å². The van der Waals surface area contributed by atoms with E-state index in [0.29, 0.717) is 47.3 Å². The number of hydrogen-bond donors (Lipinski definition) is 2. The normalized spacial score (nSPS) is 13.8. The second kappa shape index (κ2) is 10.2. The Morgan fingerprint density at radius 2 is 1.62 bits per heavy atom. The summed E-state index contributed by atoms with van der Waals surface area (Å²) in [5.41, 5.74) is 1.72. The molecule has 3 aromatic carbocycles. The standard InChI is InChI=1S/C28H23F6N3O2/c29-27(30,31)20-4-1-17(2-5-20)10-12-39-22-7-8-24-23(14-22)25(15-35-24)36-26(38)37-11-9-18-3-6-21(28(32,33)34)13-19(18)16-37/h1-8,13-15,35H,9-12,16H2,(H,36,38). The summed E-state index contributed by atoms with van der Waals surface area (Å²) in [5.74, 6) is 0.510. The van der Waals surface area contributed by atoms with E-state index in [4.69, 9.17) is 4.74 Å². The van der Waals surface area contributed by atoms with Crippen molar-refractivity contribution in [2.24, 2.45) is 0 Å². The van der Waals surface area contributed by atoms with E-state index in [-0.39, 0.29) is 13.2 Å². The van der Waals surface area contributed by atoms with E-state index in [0.717, 1.165) is 35.3 Å². The van der Waals surface area contributed by atoms with Crippen LogP contribution in [0, 0.1) is 0 Å². The first kappa shape index (κ1) is 26.5. The molecule has 5 rings (SSSR count). The van der Waals surface area contributed by atoms with E-state index in [1.54, 1.807) is 24.4 Å². The van der Waals surface area contributed by atoms with Gasteiger partial charge in [0.05, 0.1) is 23.4 Å². The van der Waals surface area contributed by atoms with Gasteiger partial charge in [0, 0.05) is 36.6 Å². The van der Waals surface area contributed by atoms with Gasteiger partial charge in [-0.15, -0.1) is 0 Å². The van der Waals surface area contributed by atoms with Crippen molar-refractivity contribution in [3.8, 4) is 5.75 Å². The first-order valence-corrected chi connectivity index (χ1v) is 12.1. The quantitative estimate of drug-likeness (QED) is 0.256. The van der Waals surface area contributed by atoms with E-state index >= 15 is 0 Å². The van der Waals surface area contributed by atoms with Crippen LogP contribution in [0.4, 0.5) is 36.8 Å². The molecule has 0 unspecified atom stereocenters. The minimum Gasteiger partial charge on any atom is -0.493 e. The summed E-state index contributed by atoms with van der Waals surface area (Å²) >= 11 is 0. The Balaban J connectivity index is 1.22. The number of hydrogen-bond acceptors (Lipinski definition) is 2. The topological polar surface area (TPSA) is 57.4 Å². The highest BCUT2D eigenvalue weighted by molar-refractivity contribution is 6.01. The van der Waals surface area contributed by atoms with Crippen LogP contribution in [0.1, 0.15) is 27.8 Å². The van der Waals surface area contributed by atoms with Crippen molar-refractivity contribution in [2.75, 3.05) is 18.5 Å². The number of ether oxygens (including phenoxy) is 1. The Hall–Kier alpha value is -4.15. The van der Waals surface area contributed by atoms with Gasteiger partial charge in [-0.3, -0.25) is 0 Å². The van der Waals surface area contributed by atoms with E-state index in [1.807, 2.05) is 0 Å². The number of aromatic nitrogens is 1. The molecule has 2 heterocycles. The zero-order valence-electron chi connectivity index (χ0n) is 20.4. The molecule has 11 heteroatoms. The number of H-pyrrole nitrogens is 1. The highest BCUT2D eigenvalue weighted by Gasteiger charge is 2.32. The van der Waals surface area contributed by atoms with Crippen molar-refractivity contribution in [3.05, 3.63) is 94.7 Å². The van der Waals surface area contributed by atoms with Crippen LogP contribution in [0.15, 0.2) is 66.9 Å². The summed E-state index contributed by atoms with van der Waals surface area (Å²) < 4.78 is 83.3. The van der Waals surface area contributed by atoms with Gasteiger partial charge in [-0.2, -0.15) is 26.3 Å². The van der Waals surface area contributed by atoms with Crippen LogP contribution >= 0.6 is 0 Å². The van der Waals surface area contributed by atoms with Crippen LogP contribution in [0.25, 0.3) is 10.9 Å². The molecule has 0 radical (unpaired) electrons. The van der Waals surface area contributed by atoms with Crippen molar-refractivity contribution < 1.29 is 35.9 Å². The van der Waals surface area contributed by atoms with Gasteiger partial charge >= 0.3 is 18.4 Å². The molecule has 0 atom stereocenters. The van der Waals surface area contributed by atoms with Crippen molar-refractivity contribution in [3.63, 3.8) is 0 Å². The number of amides is 2. The maximum absolute atomic E-state index is 13.1. The highest BCUT2D eigenvalue weighted by Crippen LogP contribution is 2.33. The number of carbonyl (C=O) groups excluding carboxylic acids is 1. The Morgan fingerprint density at radius 3 is 2.33 bits per heavy atom. The number of nitrogens with zero attached hydrogens (tertiary/aromatic N) is 1. The fourth-order valence-corrected chi connectivity index (χ4v) is 4.54. The zero-order valence-corrected chi connectivity index (χ0v) is 20.4. The van der Waals surface area contributed by atoms with Crippen molar-refractivity contribution in [1.29, 1.82) is 0 Å². The number of fused-ring (bicyclic) bond motifs is 2. The Morgan fingerprint density at radius 1 is 0.897 bits per heavy atom. The molecule has 4 aromatic rings. The lowest BCUT2D eigenvalue weighted by Gasteiger charge is -2.29. The van der Waals surface area contributed by atoms with Gasteiger partial charge in [-0.25, -0.2) is 4.79 Å². The third kappa shape index (κ3) is 5.97. The maximum atomic E-state index is 13.1. The van der Waals surface area contributed by atoms with E-state index in [1.165, 1.54) is 23.1 Å². The number of alkyl halides is 6. The minimum atomic E-state index is -4.46. The minimum absolute atomic E-state index is 0.0613. The van der Waals surface area contributed by atoms with Gasteiger partial charge in [0.2, 0.25) is 0 Å². The van der Waals surface area contributed by atoms with E-state index in [9.17, 15) is 31.1 Å². The third-order valence-corrected chi connectivity index (χ3v) is 6.67. The maximum Gasteiger partial charge on any atom is 0.416 e. The van der Waals surface area contributed by atoms with Gasteiger partial charge in [-0.05, 0) is 65.6 Å². The largest absolute Gasteiger partial charge is 0.493 e. The van der Waals surface area contributed by atoms with Gasteiger partial charge in [0.15, 0.2) is 0 Å². The number of nitrogens with one attached hydrogen (secondary N) is 2. The summed E-state index contributed by atoms with van der Waals surface area (Å²) in [6.45, 7) is 0.659. The second-order valence-electron chi connectivity index (χ2n) is 9.29. The highest BCUT2D eigenvalue weighted by atomic mass is 19.4. The summed E-state index contributed by atoms with van der Waals surface area (Å²) in [4.78, 5) is 17.5. The van der Waals surface area contributed by atoms with E-state index in [2.05, 4.69) is 10.3 Å². The van der Waals surface area contributed by atoms with Crippen LogP contribution < -0.4 is 10.1 Å². The average Bonchev–Trinajstić information content (AvgIpc) is 3.29. The molecular weight excluding hydrogens is 524 g/mol. The molecular formula is C28H23F6N3O2. The summed E-state index contributed by atoms with van der Waals surface area (Å²) in [7, 11) is 0. The van der Waals surface area contributed by atoms with Crippen molar-refractivity contribution in [2.45, 2.75) is 31.7 Å². The van der Waals surface area contributed by atoms with Gasteiger partial charge in [0.25, 0.3) is 0 Å². The smallest absolute Gasteiger partial charge is 0.416 e. The molecule has 39 heavy (non-hydrogen) atoms. The lowest BCUT2D eigenvalue weighted by atomic mass is 9.97. The molecule has 1 aromatic heterocycles. The third-order valence-electron chi connectivity index (χ3n) is 6.67. The molecule has 2 amide bonds. The molecule has 1 aliphatic rings. The fourth-order valence-electron chi connectivity index (χ4n) is 4.54. The Kier molecular flexibility index (Phi) is 6.92. The summed E-state index contributed by atoms with van der Waals surface area (Å²) in [6, 6.07) is 13.3. The molecule has 0 spiro atoms. The van der Waals surface area contributed by atoms with E-state index < -0.39 is 29.5 Å². The number of urea groups is 1. The van der Waals surface area contributed by atoms with Gasteiger partial charge in [0.1, 0.15) is 5.75 Å². The second-order valence-corrected chi connectivity index (χ2v) is 9.29. The molecule has 1 aliphatic heterocycles. The summed E-state index contributed by atoms with van der Waals surface area (Å²) in [5, 5.41) is 3.50. The predicted molar refractivity (Wildman–Crippen MR) is 134 cm³/mol. The number of anilines is 1. The van der Waals surface area contributed by atoms with Gasteiger partial charge < -0.3 is 19.9 Å². The molecule has 0 saturated carbocycles. The number of aromatic amines is 1. The Bertz CT molecular complexity index is 1490. The molecule has 204 valence electrons. The molecule has 0 fully saturated rings. The fraction of sp³-hybridized carbons (Fsp3) is 0.250. The van der Waals surface area contributed by atoms with Gasteiger partial charge in [-0.1, -0.05) is 18.2 Å². The van der Waals surface area contributed by atoms with Crippen LogP contribution in [0.2, 0.25) is 0 Å². The first-order valence-electron chi connectivity index (χ1n) is 12.1. The lowest BCUT2D eigenvalue weighted by Crippen LogP contribution is -2.39. The van der Waals surface area contributed by atoms with Crippen molar-refractivity contribution in [1.82, 2.24) is 9.88 Å². The van der Waals surface area contributed by atoms with Crippen molar-refractivity contribution >= 4 is 22.6 Å². The monoisotopic (exact) mass is 547 g/mol. The molecule has 0 saturated heterocycles. The number of rotatable bonds is 5. The van der Waals surface area contributed by atoms with Crippen LogP contribution in [0.3, 0.4) is 0 Å². The van der Waals surface area contributed by atoms with Crippen LogP contribution in [-0.4, -0.2) is 29.1 Å². The molecule has 0 bridgehead atoms. The first-order chi connectivity index (χ1) is 18.5.